The minimum atomic E-state index is 0.598. The lowest BCUT2D eigenvalue weighted by atomic mass is 9.99. The Morgan fingerprint density at radius 1 is 1.35 bits per heavy atom. The molecule has 0 amide bonds. The fraction of sp³-hybridized carbons (Fsp3) is 0.375. The summed E-state index contributed by atoms with van der Waals surface area (Å²) in [6.45, 7) is 8.37. The number of aryl methyl sites for hydroxylation is 2. The van der Waals surface area contributed by atoms with Crippen molar-refractivity contribution in [1.82, 2.24) is 0 Å². The van der Waals surface area contributed by atoms with Crippen LogP contribution in [0.1, 0.15) is 37.0 Å². The average molecular weight is 225 g/mol. The van der Waals surface area contributed by atoms with Gasteiger partial charge in [0.2, 0.25) is 0 Å². The molecule has 1 aromatic carbocycles. The van der Waals surface area contributed by atoms with Gasteiger partial charge in [0.25, 0.3) is 0 Å². The fourth-order valence-corrected chi connectivity index (χ4v) is 1.57. The monoisotopic (exact) mass is 225 g/mol. The Labute approximate surface area is 104 Å². The molecule has 0 spiro atoms. The van der Waals surface area contributed by atoms with Crippen LogP contribution in [0.4, 0.5) is 0 Å². The maximum atomic E-state index is 9.19. The molecule has 0 aromatic heterocycles. The smallest absolute Gasteiger partial charge is 0.108 e. The van der Waals surface area contributed by atoms with Gasteiger partial charge in [0.15, 0.2) is 0 Å². The third-order valence-electron chi connectivity index (χ3n) is 2.61. The summed E-state index contributed by atoms with van der Waals surface area (Å²) < 4.78 is 0. The molecule has 17 heavy (non-hydrogen) atoms. The van der Waals surface area contributed by atoms with Crippen LogP contribution in [0, 0.1) is 31.1 Å². The van der Waals surface area contributed by atoms with E-state index in [9.17, 15) is 5.26 Å². The van der Waals surface area contributed by atoms with Crippen molar-refractivity contribution in [3.05, 3.63) is 46.7 Å². The van der Waals surface area contributed by atoms with Crippen molar-refractivity contribution in [2.24, 2.45) is 5.92 Å². The van der Waals surface area contributed by atoms with Crippen LogP contribution in [0.15, 0.2) is 30.0 Å². The summed E-state index contributed by atoms with van der Waals surface area (Å²) in [5.74, 6) is 0.598. The topological polar surface area (TPSA) is 23.8 Å². The van der Waals surface area contributed by atoms with E-state index in [1.54, 1.807) is 0 Å². The van der Waals surface area contributed by atoms with E-state index in [1.165, 1.54) is 5.56 Å². The second-order valence-electron chi connectivity index (χ2n) is 4.78. The van der Waals surface area contributed by atoms with Crippen molar-refractivity contribution in [1.29, 1.82) is 5.26 Å². The first-order chi connectivity index (χ1) is 8.04. The summed E-state index contributed by atoms with van der Waals surface area (Å²) >= 11 is 0. The first-order valence-electron chi connectivity index (χ1n) is 5.97. The Morgan fingerprint density at radius 2 is 2.06 bits per heavy atom. The zero-order valence-corrected chi connectivity index (χ0v) is 11.0. The molecule has 1 heteroatoms. The van der Waals surface area contributed by atoms with E-state index < -0.39 is 0 Å². The maximum Gasteiger partial charge on any atom is 0.108 e. The lowest BCUT2D eigenvalue weighted by Gasteiger charge is -2.03. The number of allylic oxidation sites excluding steroid dienone is 1. The van der Waals surface area contributed by atoms with Crippen molar-refractivity contribution in [2.45, 2.75) is 34.1 Å². The SMILES string of the molecule is Cc1ccc(C)c(C(=C=CCC(C)C)C#N)c1. The summed E-state index contributed by atoms with van der Waals surface area (Å²) in [7, 11) is 0. The minimum absolute atomic E-state index is 0.598. The maximum absolute atomic E-state index is 9.19. The van der Waals surface area contributed by atoms with Crippen LogP contribution in [0.3, 0.4) is 0 Å². The van der Waals surface area contributed by atoms with Gasteiger partial charge in [-0.2, -0.15) is 5.26 Å². The van der Waals surface area contributed by atoms with E-state index in [0.717, 1.165) is 17.5 Å². The molecular formula is C16H19N. The van der Waals surface area contributed by atoms with Gasteiger partial charge in [-0.25, -0.2) is 0 Å². The molecule has 0 unspecified atom stereocenters. The molecule has 0 saturated carbocycles. The Bertz CT molecular complexity index is 495. The summed E-state index contributed by atoms with van der Waals surface area (Å²) in [4.78, 5) is 0. The van der Waals surface area contributed by atoms with E-state index >= 15 is 0 Å². The molecule has 0 N–H and O–H groups in total. The van der Waals surface area contributed by atoms with Crippen LogP contribution >= 0.6 is 0 Å². The summed E-state index contributed by atoms with van der Waals surface area (Å²) in [6.07, 6.45) is 2.92. The fourth-order valence-electron chi connectivity index (χ4n) is 1.57. The highest BCUT2D eigenvalue weighted by molar-refractivity contribution is 5.78. The lowest BCUT2D eigenvalue weighted by molar-refractivity contribution is 0.664. The first-order valence-corrected chi connectivity index (χ1v) is 5.97. The zero-order chi connectivity index (χ0) is 12.8. The van der Waals surface area contributed by atoms with E-state index in [-0.39, 0.29) is 0 Å². The molecule has 0 atom stereocenters. The van der Waals surface area contributed by atoms with Crippen LogP contribution in [0.2, 0.25) is 0 Å². The van der Waals surface area contributed by atoms with Gasteiger partial charge in [-0.1, -0.05) is 31.5 Å². The van der Waals surface area contributed by atoms with Gasteiger partial charge in [0.1, 0.15) is 11.6 Å². The number of rotatable bonds is 3. The Kier molecular flexibility index (Phi) is 4.76. The third-order valence-corrected chi connectivity index (χ3v) is 2.61. The van der Waals surface area contributed by atoms with Gasteiger partial charge in [-0.15, -0.1) is 5.73 Å². The molecule has 0 aliphatic carbocycles. The minimum Gasteiger partial charge on any atom is -0.192 e. The molecule has 1 rings (SSSR count). The first kappa shape index (κ1) is 13.3. The Morgan fingerprint density at radius 3 is 2.65 bits per heavy atom. The lowest BCUT2D eigenvalue weighted by Crippen LogP contribution is -1.87. The predicted molar refractivity (Wildman–Crippen MR) is 72.5 cm³/mol. The predicted octanol–water partition coefficient (Wildman–Crippen LogP) is 4.41. The molecule has 88 valence electrons. The normalized spacial score (nSPS) is 9.65. The van der Waals surface area contributed by atoms with E-state index in [1.807, 2.05) is 32.1 Å². The van der Waals surface area contributed by atoms with Gasteiger partial charge >= 0.3 is 0 Å². The van der Waals surface area contributed by atoms with Gasteiger partial charge in [0.05, 0.1) is 0 Å². The molecule has 1 aromatic rings. The van der Waals surface area contributed by atoms with Crippen molar-refractivity contribution >= 4 is 5.57 Å². The van der Waals surface area contributed by atoms with Crippen LogP contribution in [-0.2, 0) is 0 Å². The molecule has 0 aliphatic rings. The van der Waals surface area contributed by atoms with Gasteiger partial charge in [-0.05, 0) is 43.9 Å². The number of benzene rings is 1. The molecule has 0 saturated heterocycles. The second-order valence-corrected chi connectivity index (χ2v) is 4.78. The highest BCUT2D eigenvalue weighted by atomic mass is 14.2. The van der Waals surface area contributed by atoms with Gasteiger partial charge in [0, 0.05) is 5.56 Å². The number of hydrogen-bond donors (Lipinski definition) is 0. The largest absolute Gasteiger partial charge is 0.192 e. The Hall–Kier alpha value is -1.77. The van der Waals surface area contributed by atoms with Gasteiger partial charge in [-0.3, -0.25) is 0 Å². The quantitative estimate of drug-likeness (QED) is 0.552. The highest BCUT2D eigenvalue weighted by Gasteiger charge is 2.03. The van der Waals surface area contributed by atoms with Crippen LogP contribution in [0.5, 0.6) is 0 Å². The molecule has 0 radical (unpaired) electrons. The molecule has 0 fully saturated rings. The number of hydrogen-bond acceptors (Lipinski definition) is 1. The number of nitrogens with zero attached hydrogens (tertiary/aromatic N) is 1. The molecule has 0 aliphatic heterocycles. The van der Waals surface area contributed by atoms with E-state index in [4.69, 9.17) is 0 Å². The standard InChI is InChI=1S/C16H19N/c1-12(2)6-5-7-15(11-17)16-10-13(3)8-9-14(16)4/h5,8-10,12H,6H2,1-4H3. The zero-order valence-electron chi connectivity index (χ0n) is 11.0. The van der Waals surface area contributed by atoms with Crippen LogP contribution < -0.4 is 0 Å². The molecule has 1 nitrogen and oxygen atoms in total. The summed E-state index contributed by atoms with van der Waals surface area (Å²) in [5.41, 5.74) is 7.03. The van der Waals surface area contributed by atoms with E-state index in [0.29, 0.717) is 11.5 Å². The van der Waals surface area contributed by atoms with Crippen LogP contribution in [0.25, 0.3) is 5.57 Å². The average Bonchev–Trinajstić information content (AvgIpc) is 2.28. The summed E-state index contributed by atoms with van der Waals surface area (Å²) in [6, 6.07) is 8.39. The molecule has 0 heterocycles. The van der Waals surface area contributed by atoms with Crippen molar-refractivity contribution < 1.29 is 0 Å². The van der Waals surface area contributed by atoms with Crippen LogP contribution in [-0.4, -0.2) is 0 Å². The summed E-state index contributed by atoms with van der Waals surface area (Å²) in [5, 5.41) is 9.19. The van der Waals surface area contributed by atoms with E-state index in [2.05, 4.69) is 31.7 Å². The van der Waals surface area contributed by atoms with Crippen molar-refractivity contribution in [3.8, 4) is 6.07 Å². The third kappa shape index (κ3) is 3.94. The number of nitriles is 1. The van der Waals surface area contributed by atoms with Crippen molar-refractivity contribution in [2.75, 3.05) is 0 Å². The molecule has 0 bridgehead atoms. The highest BCUT2D eigenvalue weighted by Crippen LogP contribution is 2.19. The second kappa shape index (κ2) is 6.09. The molecular weight excluding hydrogens is 206 g/mol. The van der Waals surface area contributed by atoms with Gasteiger partial charge < -0.3 is 0 Å². The van der Waals surface area contributed by atoms with Crippen molar-refractivity contribution in [3.63, 3.8) is 0 Å². The Balaban J connectivity index is 3.15.